The van der Waals surface area contributed by atoms with Crippen LogP contribution in [0.15, 0.2) is 0 Å². The van der Waals surface area contributed by atoms with Gasteiger partial charge in [-0.3, -0.25) is 0 Å². The Balaban J connectivity index is 1.87. The predicted octanol–water partition coefficient (Wildman–Crippen LogP) is 1.63. The Morgan fingerprint density at radius 2 is 1.72 bits per heavy atom. The lowest BCUT2D eigenvalue weighted by Gasteiger charge is -2.61. The molecule has 0 spiro atoms. The smallest absolute Gasteiger partial charge is 0.216 e. The molecule has 0 amide bonds. The van der Waals surface area contributed by atoms with Crippen molar-refractivity contribution in [2.75, 3.05) is 0 Å². The first kappa shape index (κ1) is 12.9. The maximum absolute atomic E-state index is 11.4. The minimum atomic E-state index is -3.57. The molecule has 0 aliphatic heterocycles. The van der Waals surface area contributed by atoms with Gasteiger partial charge in [0.2, 0.25) is 0 Å². The van der Waals surface area contributed by atoms with Gasteiger partial charge < -0.3 is 0 Å². The summed E-state index contributed by atoms with van der Waals surface area (Å²) in [6.07, 6.45) is 5.60. The Kier molecular flexibility index (Phi) is 2.81. The Labute approximate surface area is 110 Å². The summed E-state index contributed by atoms with van der Waals surface area (Å²) in [5.74, 6) is 3.62. The molecule has 4 fully saturated rings. The van der Waals surface area contributed by atoms with E-state index in [-0.39, 0.29) is 5.54 Å². The summed E-state index contributed by atoms with van der Waals surface area (Å²) < 4.78 is 25.6. The lowest BCUT2D eigenvalue weighted by molar-refractivity contribution is -0.0742. The fourth-order valence-corrected chi connectivity index (χ4v) is 6.43. The van der Waals surface area contributed by atoms with Gasteiger partial charge in [0.25, 0.3) is 10.2 Å². The summed E-state index contributed by atoms with van der Waals surface area (Å²) in [5.41, 5.74) is -0.213. The number of nitrogens with one attached hydrogen (secondary N) is 1. The molecule has 0 heterocycles. The Bertz CT molecular complexity index is 430. The van der Waals surface area contributed by atoms with E-state index < -0.39 is 10.2 Å². The maximum atomic E-state index is 11.4. The zero-order chi connectivity index (χ0) is 13.1. The van der Waals surface area contributed by atoms with Crippen molar-refractivity contribution in [1.82, 2.24) is 4.72 Å². The summed E-state index contributed by atoms with van der Waals surface area (Å²) in [5, 5.41) is 5.21. The first-order valence-corrected chi connectivity index (χ1v) is 8.64. The highest BCUT2D eigenvalue weighted by Crippen LogP contribution is 2.59. The Hall–Kier alpha value is -0.130. The van der Waals surface area contributed by atoms with Gasteiger partial charge in [-0.25, -0.2) is 5.14 Å². The summed E-state index contributed by atoms with van der Waals surface area (Å²) in [6.45, 7) is 4.62. The minimum Gasteiger partial charge on any atom is -0.216 e. The fourth-order valence-electron chi connectivity index (χ4n) is 5.58. The number of rotatable bonds is 3. The first-order valence-electron chi connectivity index (χ1n) is 7.10. The summed E-state index contributed by atoms with van der Waals surface area (Å²) in [6, 6.07) is 0. The van der Waals surface area contributed by atoms with Crippen LogP contribution >= 0.6 is 0 Å². The molecule has 4 saturated carbocycles. The normalized spacial score (nSPS) is 46.9. The van der Waals surface area contributed by atoms with Crippen LogP contribution in [0.1, 0.15) is 46.0 Å². The molecule has 2 unspecified atom stereocenters. The van der Waals surface area contributed by atoms with Crippen LogP contribution < -0.4 is 9.86 Å². The van der Waals surface area contributed by atoms with Crippen LogP contribution in [-0.2, 0) is 10.2 Å². The second-order valence-corrected chi connectivity index (χ2v) is 8.51. The summed E-state index contributed by atoms with van der Waals surface area (Å²) in [4.78, 5) is 0. The zero-order valence-electron chi connectivity index (χ0n) is 11.2. The molecule has 18 heavy (non-hydrogen) atoms. The van der Waals surface area contributed by atoms with E-state index in [1.54, 1.807) is 0 Å². The van der Waals surface area contributed by atoms with Gasteiger partial charge in [-0.05, 0) is 61.7 Å². The van der Waals surface area contributed by atoms with E-state index in [4.69, 9.17) is 5.14 Å². The van der Waals surface area contributed by atoms with E-state index in [0.717, 1.165) is 25.2 Å². The molecular weight excluding hydrogens is 248 g/mol. The highest BCUT2D eigenvalue weighted by Gasteiger charge is 2.56. The third kappa shape index (κ3) is 2.10. The average molecular weight is 272 g/mol. The third-order valence-electron chi connectivity index (χ3n) is 5.47. The quantitative estimate of drug-likeness (QED) is 0.819. The van der Waals surface area contributed by atoms with E-state index in [1.807, 2.05) is 0 Å². The standard InChI is InChI=1S/C13H24N2O2S/c1-8(2)12-10-3-9-4-11(12)7-13(5-9,6-10)15-18(14,16)17/h8-12,15H,3-7H2,1-2H3,(H2,14,16,17). The van der Waals surface area contributed by atoms with Crippen molar-refractivity contribution in [2.24, 2.45) is 34.7 Å². The summed E-state index contributed by atoms with van der Waals surface area (Å²) in [7, 11) is -3.57. The average Bonchev–Trinajstić information content (AvgIpc) is 2.09. The van der Waals surface area contributed by atoms with Crippen LogP contribution in [0, 0.1) is 29.6 Å². The van der Waals surface area contributed by atoms with Crippen molar-refractivity contribution >= 4 is 10.2 Å². The van der Waals surface area contributed by atoms with Gasteiger partial charge in [-0.1, -0.05) is 13.8 Å². The molecule has 0 saturated heterocycles. The van der Waals surface area contributed by atoms with Crippen LogP contribution in [0.3, 0.4) is 0 Å². The van der Waals surface area contributed by atoms with Crippen LogP contribution in [0.2, 0.25) is 0 Å². The molecule has 0 aromatic carbocycles. The van der Waals surface area contributed by atoms with Crippen molar-refractivity contribution in [3.05, 3.63) is 0 Å². The molecule has 4 bridgehead atoms. The molecule has 4 rings (SSSR count). The Morgan fingerprint density at radius 1 is 1.17 bits per heavy atom. The van der Waals surface area contributed by atoms with Gasteiger partial charge >= 0.3 is 0 Å². The topological polar surface area (TPSA) is 72.2 Å². The molecule has 2 atom stereocenters. The van der Waals surface area contributed by atoms with Gasteiger partial charge in [0.15, 0.2) is 0 Å². The lowest BCUT2D eigenvalue weighted by Crippen LogP contribution is -2.63. The second kappa shape index (κ2) is 3.93. The van der Waals surface area contributed by atoms with Crippen molar-refractivity contribution in [3.63, 3.8) is 0 Å². The van der Waals surface area contributed by atoms with E-state index in [0.29, 0.717) is 23.7 Å². The molecule has 3 N–H and O–H groups in total. The lowest BCUT2D eigenvalue weighted by atomic mass is 9.47. The first-order chi connectivity index (χ1) is 8.28. The zero-order valence-corrected chi connectivity index (χ0v) is 12.0. The van der Waals surface area contributed by atoms with Gasteiger partial charge in [0.05, 0.1) is 0 Å². The molecule has 4 nitrogen and oxygen atoms in total. The molecule has 0 aromatic rings. The van der Waals surface area contributed by atoms with Crippen LogP contribution in [0.5, 0.6) is 0 Å². The highest BCUT2D eigenvalue weighted by atomic mass is 32.2. The molecule has 5 heteroatoms. The number of hydrogen-bond donors (Lipinski definition) is 2. The van der Waals surface area contributed by atoms with Crippen LogP contribution in [-0.4, -0.2) is 14.0 Å². The van der Waals surface area contributed by atoms with Crippen LogP contribution in [0.25, 0.3) is 0 Å². The van der Waals surface area contributed by atoms with Gasteiger partial charge in [-0.15, -0.1) is 0 Å². The van der Waals surface area contributed by atoms with Crippen molar-refractivity contribution < 1.29 is 8.42 Å². The number of hydrogen-bond acceptors (Lipinski definition) is 2. The van der Waals surface area contributed by atoms with Crippen LogP contribution in [0.4, 0.5) is 0 Å². The van der Waals surface area contributed by atoms with Gasteiger partial charge in [-0.2, -0.15) is 13.1 Å². The van der Waals surface area contributed by atoms with E-state index in [2.05, 4.69) is 18.6 Å². The molecule has 4 aliphatic carbocycles. The third-order valence-corrected chi connectivity index (χ3v) is 6.19. The predicted molar refractivity (Wildman–Crippen MR) is 70.9 cm³/mol. The number of nitrogens with two attached hydrogens (primary N) is 1. The Morgan fingerprint density at radius 3 is 2.17 bits per heavy atom. The van der Waals surface area contributed by atoms with Gasteiger partial charge in [0, 0.05) is 5.54 Å². The maximum Gasteiger partial charge on any atom is 0.274 e. The molecule has 0 radical (unpaired) electrons. The van der Waals surface area contributed by atoms with E-state index in [1.165, 1.54) is 12.8 Å². The monoisotopic (exact) mass is 272 g/mol. The van der Waals surface area contributed by atoms with Gasteiger partial charge in [0.1, 0.15) is 0 Å². The second-order valence-electron chi connectivity index (χ2n) is 7.22. The van der Waals surface area contributed by atoms with Crippen molar-refractivity contribution in [2.45, 2.75) is 51.5 Å². The molecule has 4 aliphatic rings. The highest BCUT2D eigenvalue weighted by molar-refractivity contribution is 7.87. The molecular formula is C13H24N2O2S. The van der Waals surface area contributed by atoms with Crippen molar-refractivity contribution in [3.8, 4) is 0 Å². The summed E-state index contributed by atoms with van der Waals surface area (Å²) >= 11 is 0. The SMILES string of the molecule is CC(C)C1C2CC3CC1CC(NS(N)(=O)=O)(C3)C2. The minimum absolute atomic E-state index is 0.213. The van der Waals surface area contributed by atoms with E-state index in [9.17, 15) is 8.42 Å². The largest absolute Gasteiger partial charge is 0.274 e. The van der Waals surface area contributed by atoms with E-state index >= 15 is 0 Å². The van der Waals surface area contributed by atoms with Crippen molar-refractivity contribution in [1.29, 1.82) is 0 Å². The molecule has 0 aromatic heterocycles. The fraction of sp³-hybridized carbons (Fsp3) is 1.00. The molecule has 104 valence electrons.